The molecule has 0 atom stereocenters. The molecule has 30 heavy (non-hydrogen) atoms. The first-order valence-corrected chi connectivity index (χ1v) is 9.48. The molecule has 0 unspecified atom stereocenters. The van der Waals surface area contributed by atoms with E-state index in [1.54, 1.807) is 26.4 Å². The van der Waals surface area contributed by atoms with Crippen LogP contribution in [0, 0.1) is 0 Å². The fourth-order valence-electron chi connectivity index (χ4n) is 3.18. The van der Waals surface area contributed by atoms with Crippen molar-refractivity contribution in [2.75, 3.05) is 14.2 Å². The molecule has 0 aliphatic heterocycles. The molecular formula is C24H21N3O3. The second kappa shape index (κ2) is 8.61. The highest BCUT2D eigenvalue weighted by Crippen LogP contribution is 2.26. The van der Waals surface area contributed by atoms with Crippen LogP contribution in [0.1, 0.15) is 15.9 Å². The zero-order valence-electron chi connectivity index (χ0n) is 16.8. The largest absolute Gasteiger partial charge is 0.497 e. The van der Waals surface area contributed by atoms with Gasteiger partial charge >= 0.3 is 0 Å². The van der Waals surface area contributed by atoms with E-state index >= 15 is 0 Å². The maximum atomic E-state index is 11.2. The van der Waals surface area contributed by atoms with E-state index < -0.39 is 0 Å². The normalized spacial score (nSPS) is 10.6. The van der Waals surface area contributed by atoms with Crippen molar-refractivity contribution in [1.82, 2.24) is 14.8 Å². The molecule has 0 spiro atoms. The van der Waals surface area contributed by atoms with Crippen molar-refractivity contribution >= 4 is 6.29 Å². The lowest BCUT2D eigenvalue weighted by atomic mass is 10.1. The summed E-state index contributed by atoms with van der Waals surface area (Å²) in [6.45, 7) is 0.547. The zero-order chi connectivity index (χ0) is 20.9. The Morgan fingerprint density at radius 2 is 1.53 bits per heavy atom. The van der Waals surface area contributed by atoms with Gasteiger partial charge in [-0.15, -0.1) is 0 Å². The van der Waals surface area contributed by atoms with Crippen molar-refractivity contribution in [3.05, 3.63) is 83.9 Å². The van der Waals surface area contributed by atoms with E-state index in [1.807, 2.05) is 65.3 Å². The molecule has 1 aromatic heterocycles. The highest BCUT2D eigenvalue weighted by Gasteiger charge is 2.15. The lowest BCUT2D eigenvalue weighted by Gasteiger charge is -2.08. The molecular weight excluding hydrogens is 378 g/mol. The Morgan fingerprint density at radius 1 is 0.867 bits per heavy atom. The summed E-state index contributed by atoms with van der Waals surface area (Å²) in [5.74, 6) is 2.89. The number of benzene rings is 3. The summed E-state index contributed by atoms with van der Waals surface area (Å²) in [7, 11) is 3.28. The summed E-state index contributed by atoms with van der Waals surface area (Å²) in [5.41, 5.74) is 3.38. The molecule has 0 aliphatic carbocycles. The summed E-state index contributed by atoms with van der Waals surface area (Å²) in [6.07, 6.45) is 0.822. The van der Waals surface area contributed by atoms with Crippen LogP contribution in [0.5, 0.6) is 11.5 Å². The minimum absolute atomic E-state index is 0.547. The SMILES string of the molecule is COc1ccc(Cn2nc(-c3cccc(C=O)c3)nc2-c2ccc(OC)cc2)cc1. The zero-order valence-corrected chi connectivity index (χ0v) is 16.8. The fraction of sp³-hybridized carbons (Fsp3) is 0.125. The lowest BCUT2D eigenvalue weighted by molar-refractivity contribution is 0.112. The average Bonchev–Trinajstić information content (AvgIpc) is 3.23. The van der Waals surface area contributed by atoms with Gasteiger partial charge in [0.05, 0.1) is 20.8 Å². The number of hydrogen-bond donors (Lipinski definition) is 0. The number of aromatic nitrogens is 3. The number of methoxy groups -OCH3 is 2. The predicted molar refractivity (Wildman–Crippen MR) is 115 cm³/mol. The van der Waals surface area contributed by atoms with Crippen LogP contribution in [0.25, 0.3) is 22.8 Å². The van der Waals surface area contributed by atoms with Crippen LogP contribution in [-0.4, -0.2) is 35.3 Å². The average molecular weight is 399 g/mol. The highest BCUT2D eigenvalue weighted by molar-refractivity contribution is 5.78. The molecule has 4 rings (SSSR count). The summed E-state index contributed by atoms with van der Waals surface area (Å²) in [4.78, 5) is 16.0. The maximum absolute atomic E-state index is 11.2. The minimum Gasteiger partial charge on any atom is -0.497 e. The van der Waals surface area contributed by atoms with Crippen LogP contribution in [0.4, 0.5) is 0 Å². The number of aldehydes is 1. The molecule has 0 bridgehead atoms. The van der Waals surface area contributed by atoms with Gasteiger partial charge in [-0.2, -0.15) is 5.10 Å². The van der Waals surface area contributed by atoms with E-state index in [1.165, 1.54) is 0 Å². The molecule has 6 nitrogen and oxygen atoms in total. The molecule has 0 saturated heterocycles. The van der Waals surface area contributed by atoms with Crippen molar-refractivity contribution in [3.8, 4) is 34.3 Å². The number of nitrogens with zero attached hydrogens (tertiary/aromatic N) is 3. The van der Waals surface area contributed by atoms with Crippen LogP contribution in [0.15, 0.2) is 72.8 Å². The highest BCUT2D eigenvalue weighted by atomic mass is 16.5. The number of rotatable bonds is 7. The molecule has 0 fully saturated rings. The molecule has 0 radical (unpaired) electrons. The predicted octanol–water partition coefficient (Wildman–Crippen LogP) is 4.49. The van der Waals surface area contributed by atoms with Gasteiger partial charge in [-0.25, -0.2) is 9.67 Å². The van der Waals surface area contributed by atoms with Crippen molar-refractivity contribution in [3.63, 3.8) is 0 Å². The van der Waals surface area contributed by atoms with Gasteiger partial charge in [0, 0.05) is 16.7 Å². The van der Waals surface area contributed by atoms with Gasteiger partial charge in [-0.05, 0) is 48.0 Å². The Labute approximate surface area is 174 Å². The molecule has 0 N–H and O–H groups in total. The van der Waals surface area contributed by atoms with Gasteiger partial charge < -0.3 is 9.47 Å². The van der Waals surface area contributed by atoms with Crippen LogP contribution in [-0.2, 0) is 6.54 Å². The molecule has 6 heteroatoms. The number of ether oxygens (including phenoxy) is 2. The molecule has 0 aliphatic rings. The molecule has 0 saturated carbocycles. The smallest absolute Gasteiger partial charge is 0.181 e. The van der Waals surface area contributed by atoms with E-state index in [4.69, 9.17) is 19.6 Å². The number of carbonyl (C=O) groups excluding carboxylic acids is 1. The standard InChI is InChI=1S/C24H21N3O3/c1-29-21-10-6-17(7-11-21)15-27-24(19-8-12-22(30-2)13-9-19)25-23(26-27)20-5-3-4-18(14-20)16-28/h3-14,16H,15H2,1-2H3. The van der Waals surface area contributed by atoms with Crippen LogP contribution in [0.3, 0.4) is 0 Å². The van der Waals surface area contributed by atoms with Gasteiger partial charge in [0.15, 0.2) is 11.6 Å². The van der Waals surface area contributed by atoms with Crippen molar-refractivity contribution in [2.24, 2.45) is 0 Å². The van der Waals surface area contributed by atoms with E-state index in [-0.39, 0.29) is 0 Å². The van der Waals surface area contributed by atoms with E-state index in [0.717, 1.165) is 40.3 Å². The second-order valence-electron chi connectivity index (χ2n) is 6.74. The monoisotopic (exact) mass is 399 g/mol. The number of carbonyl (C=O) groups is 1. The van der Waals surface area contributed by atoms with Crippen LogP contribution >= 0.6 is 0 Å². The van der Waals surface area contributed by atoms with E-state index in [2.05, 4.69) is 0 Å². The third kappa shape index (κ3) is 4.07. The van der Waals surface area contributed by atoms with Gasteiger partial charge in [-0.3, -0.25) is 4.79 Å². The van der Waals surface area contributed by atoms with Crippen molar-refractivity contribution < 1.29 is 14.3 Å². The van der Waals surface area contributed by atoms with Gasteiger partial charge in [0.25, 0.3) is 0 Å². The Morgan fingerprint density at radius 3 is 2.17 bits per heavy atom. The molecule has 150 valence electrons. The minimum atomic E-state index is 0.547. The summed E-state index contributed by atoms with van der Waals surface area (Å²) in [5, 5.41) is 4.74. The van der Waals surface area contributed by atoms with Gasteiger partial charge in [0.1, 0.15) is 17.8 Å². The second-order valence-corrected chi connectivity index (χ2v) is 6.74. The summed E-state index contributed by atoms with van der Waals surface area (Å²) < 4.78 is 12.4. The Hall–Kier alpha value is -3.93. The number of hydrogen-bond acceptors (Lipinski definition) is 5. The Balaban J connectivity index is 1.76. The Kier molecular flexibility index (Phi) is 5.57. The third-order valence-corrected chi connectivity index (χ3v) is 4.79. The van der Waals surface area contributed by atoms with Gasteiger partial charge in [0.2, 0.25) is 0 Å². The topological polar surface area (TPSA) is 66.2 Å². The quantitative estimate of drug-likeness (QED) is 0.429. The van der Waals surface area contributed by atoms with E-state index in [0.29, 0.717) is 17.9 Å². The van der Waals surface area contributed by atoms with Crippen molar-refractivity contribution in [1.29, 1.82) is 0 Å². The van der Waals surface area contributed by atoms with Crippen LogP contribution in [0.2, 0.25) is 0 Å². The lowest BCUT2D eigenvalue weighted by Crippen LogP contribution is -2.04. The Bertz CT molecular complexity index is 1150. The van der Waals surface area contributed by atoms with Gasteiger partial charge in [-0.1, -0.05) is 30.3 Å². The van der Waals surface area contributed by atoms with E-state index in [9.17, 15) is 4.79 Å². The first-order chi connectivity index (χ1) is 14.7. The third-order valence-electron chi connectivity index (χ3n) is 4.79. The van der Waals surface area contributed by atoms with Crippen molar-refractivity contribution in [2.45, 2.75) is 6.54 Å². The molecule has 0 amide bonds. The molecule has 1 heterocycles. The molecule has 3 aromatic carbocycles. The maximum Gasteiger partial charge on any atom is 0.181 e. The summed E-state index contributed by atoms with van der Waals surface area (Å²) >= 11 is 0. The fourth-order valence-corrected chi connectivity index (χ4v) is 3.18. The summed E-state index contributed by atoms with van der Waals surface area (Å²) in [6, 6.07) is 22.8. The first-order valence-electron chi connectivity index (χ1n) is 9.48. The molecule has 4 aromatic rings. The first kappa shape index (κ1) is 19.4. The van der Waals surface area contributed by atoms with Crippen LogP contribution < -0.4 is 9.47 Å².